The molecule has 1 atom stereocenters. The molecule has 2 N–H and O–H groups in total. The van der Waals surface area contributed by atoms with Gasteiger partial charge in [-0.2, -0.15) is 0 Å². The zero-order chi connectivity index (χ0) is 17.3. The molecule has 1 aromatic carbocycles. The zero-order valence-electron chi connectivity index (χ0n) is 13.2. The summed E-state index contributed by atoms with van der Waals surface area (Å²) in [4.78, 5) is 11.3. The van der Waals surface area contributed by atoms with E-state index in [2.05, 4.69) is 10.2 Å². The second-order valence-electron chi connectivity index (χ2n) is 5.84. The molecule has 1 aromatic heterocycles. The number of nitrogen functional groups attached to an aromatic ring is 1. The van der Waals surface area contributed by atoms with E-state index in [0.717, 1.165) is 5.56 Å². The molecule has 0 amide bonds. The smallest absolute Gasteiger partial charge is 0.210 e. The maximum absolute atomic E-state index is 11.5. The summed E-state index contributed by atoms with van der Waals surface area (Å²) in [6.07, 6.45) is 1.10. The quantitative estimate of drug-likeness (QED) is 0.623. The lowest BCUT2D eigenvalue weighted by Gasteiger charge is -2.07. The monoisotopic (exact) mass is 366 g/mol. The number of carbonyl (C=O) groups is 1. The van der Waals surface area contributed by atoms with Crippen molar-refractivity contribution in [2.45, 2.75) is 30.2 Å². The van der Waals surface area contributed by atoms with Crippen molar-refractivity contribution in [1.29, 1.82) is 0 Å². The summed E-state index contributed by atoms with van der Waals surface area (Å²) in [6.45, 7) is 1.53. The van der Waals surface area contributed by atoms with Crippen molar-refractivity contribution in [3.8, 4) is 0 Å². The molecule has 0 saturated carbocycles. The van der Waals surface area contributed by atoms with Gasteiger partial charge in [0, 0.05) is 17.2 Å². The lowest BCUT2D eigenvalue weighted by molar-refractivity contribution is 0.101. The molecule has 1 unspecified atom stereocenters. The topological polar surface area (TPSA) is 108 Å². The summed E-state index contributed by atoms with van der Waals surface area (Å²) in [5.74, 6) is 7.04. The minimum absolute atomic E-state index is 0.0220. The van der Waals surface area contributed by atoms with E-state index in [-0.39, 0.29) is 22.5 Å². The number of benzene rings is 1. The van der Waals surface area contributed by atoms with Crippen LogP contribution in [0.2, 0.25) is 0 Å². The first-order chi connectivity index (χ1) is 11.3. The molecule has 7 nitrogen and oxygen atoms in total. The molecule has 128 valence electrons. The third-order valence-corrected chi connectivity index (χ3v) is 7.12. The number of hydrogen-bond acceptors (Lipinski definition) is 7. The van der Waals surface area contributed by atoms with Gasteiger partial charge in [-0.25, -0.2) is 13.1 Å². The Balaban J connectivity index is 1.69. The molecule has 2 heterocycles. The van der Waals surface area contributed by atoms with Crippen LogP contribution in [0.4, 0.5) is 0 Å². The molecular weight excluding hydrogens is 348 g/mol. The molecule has 1 aliphatic rings. The fourth-order valence-corrected chi connectivity index (χ4v) is 5.98. The number of thioether (sulfide) groups is 1. The number of nitrogens with two attached hydrogens (primary N) is 1. The average Bonchev–Trinajstić information content (AvgIpc) is 3.04. The maximum atomic E-state index is 11.5. The lowest BCUT2D eigenvalue weighted by Crippen LogP contribution is -2.16. The van der Waals surface area contributed by atoms with Gasteiger partial charge in [-0.1, -0.05) is 36.0 Å². The number of rotatable bonds is 5. The first-order valence-corrected chi connectivity index (χ1v) is 10.2. The fraction of sp³-hybridized carbons (Fsp3) is 0.400. The van der Waals surface area contributed by atoms with Crippen LogP contribution in [0.1, 0.15) is 35.1 Å². The van der Waals surface area contributed by atoms with E-state index >= 15 is 0 Å². The van der Waals surface area contributed by atoms with E-state index in [1.165, 1.54) is 23.4 Å². The SMILES string of the molecule is CC(=O)c1ccc(Cc2nnc(SC3CCS(=O)(=O)C3)n2N)cc1. The number of sulfone groups is 1. The van der Waals surface area contributed by atoms with E-state index in [0.29, 0.717) is 29.4 Å². The second-order valence-corrected chi connectivity index (χ2v) is 9.34. The van der Waals surface area contributed by atoms with Gasteiger partial charge in [-0.3, -0.25) is 4.79 Å². The van der Waals surface area contributed by atoms with Crippen molar-refractivity contribution in [3.63, 3.8) is 0 Å². The first-order valence-electron chi connectivity index (χ1n) is 7.50. The number of aromatic nitrogens is 3. The van der Waals surface area contributed by atoms with Crippen LogP contribution in [0.3, 0.4) is 0 Å². The van der Waals surface area contributed by atoms with Crippen LogP contribution in [0.25, 0.3) is 0 Å². The van der Waals surface area contributed by atoms with Crippen LogP contribution in [0.5, 0.6) is 0 Å². The molecule has 1 saturated heterocycles. The Labute approximate surface area is 144 Å². The van der Waals surface area contributed by atoms with Gasteiger partial charge in [0.25, 0.3) is 0 Å². The van der Waals surface area contributed by atoms with Crippen molar-refractivity contribution in [2.24, 2.45) is 0 Å². The Hall–Kier alpha value is -1.87. The van der Waals surface area contributed by atoms with E-state index in [4.69, 9.17) is 5.84 Å². The first kappa shape index (κ1) is 17.0. The van der Waals surface area contributed by atoms with Crippen LogP contribution in [-0.2, 0) is 16.3 Å². The second kappa shape index (κ2) is 6.56. The average molecular weight is 366 g/mol. The summed E-state index contributed by atoms with van der Waals surface area (Å²) < 4.78 is 24.5. The fourth-order valence-electron chi connectivity index (χ4n) is 2.55. The third kappa shape index (κ3) is 3.78. The van der Waals surface area contributed by atoms with Gasteiger partial charge in [0.2, 0.25) is 5.16 Å². The highest BCUT2D eigenvalue weighted by atomic mass is 32.2. The predicted octanol–water partition coefficient (Wildman–Crippen LogP) is 1.06. The highest BCUT2D eigenvalue weighted by Gasteiger charge is 2.30. The molecule has 3 rings (SSSR count). The van der Waals surface area contributed by atoms with Crippen molar-refractivity contribution in [3.05, 3.63) is 41.2 Å². The summed E-state index contributed by atoms with van der Waals surface area (Å²) >= 11 is 1.36. The molecule has 0 bridgehead atoms. The molecule has 9 heteroatoms. The van der Waals surface area contributed by atoms with Gasteiger partial charge >= 0.3 is 0 Å². The minimum atomic E-state index is -2.93. The number of nitrogens with zero attached hydrogens (tertiary/aromatic N) is 3. The van der Waals surface area contributed by atoms with E-state index in [1.54, 1.807) is 12.1 Å². The van der Waals surface area contributed by atoms with Gasteiger partial charge in [0.15, 0.2) is 21.4 Å². The Bertz CT molecular complexity index is 859. The summed E-state index contributed by atoms with van der Waals surface area (Å²) in [6, 6.07) is 7.27. The summed E-state index contributed by atoms with van der Waals surface area (Å²) in [5, 5.41) is 8.67. The van der Waals surface area contributed by atoms with Crippen molar-refractivity contribution in [2.75, 3.05) is 17.3 Å². The van der Waals surface area contributed by atoms with Gasteiger partial charge in [0.05, 0.1) is 11.5 Å². The van der Waals surface area contributed by atoms with E-state index in [9.17, 15) is 13.2 Å². The van der Waals surface area contributed by atoms with Crippen LogP contribution >= 0.6 is 11.8 Å². The molecule has 1 fully saturated rings. The van der Waals surface area contributed by atoms with Crippen molar-refractivity contribution in [1.82, 2.24) is 14.9 Å². The minimum Gasteiger partial charge on any atom is -0.336 e. The molecule has 0 aliphatic carbocycles. The molecule has 2 aromatic rings. The number of ketones is 1. The molecule has 0 spiro atoms. The van der Waals surface area contributed by atoms with E-state index in [1.807, 2.05) is 12.1 Å². The Morgan fingerprint density at radius 1 is 1.33 bits per heavy atom. The van der Waals surface area contributed by atoms with E-state index < -0.39 is 9.84 Å². The Morgan fingerprint density at radius 3 is 2.62 bits per heavy atom. The highest BCUT2D eigenvalue weighted by molar-refractivity contribution is 8.01. The van der Waals surface area contributed by atoms with Crippen molar-refractivity contribution < 1.29 is 13.2 Å². The van der Waals surface area contributed by atoms with Gasteiger partial charge < -0.3 is 5.84 Å². The predicted molar refractivity (Wildman–Crippen MR) is 92.3 cm³/mol. The largest absolute Gasteiger partial charge is 0.336 e. The standard InChI is InChI=1S/C15H18N4O3S2/c1-10(20)12-4-2-11(3-5-12)8-14-17-18-15(19(14)16)23-13-6-7-24(21,22)9-13/h2-5,13H,6-9,16H2,1H3. The summed E-state index contributed by atoms with van der Waals surface area (Å²) in [7, 11) is -2.93. The molecule has 24 heavy (non-hydrogen) atoms. The van der Waals surface area contributed by atoms with Crippen LogP contribution < -0.4 is 5.84 Å². The molecule has 1 aliphatic heterocycles. The molecular formula is C15H18N4O3S2. The number of hydrogen-bond donors (Lipinski definition) is 1. The highest BCUT2D eigenvalue weighted by Crippen LogP contribution is 2.29. The van der Waals surface area contributed by atoms with Crippen LogP contribution in [0, 0.1) is 0 Å². The zero-order valence-corrected chi connectivity index (χ0v) is 14.8. The summed E-state index contributed by atoms with van der Waals surface area (Å²) in [5.41, 5.74) is 1.63. The van der Waals surface area contributed by atoms with Gasteiger partial charge in [-0.15, -0.1) is 10.2 Å². The number of carbonyl (C=O) groups excluding carboxylic acids is 1. The maximum Gasteiger partial charge on any atom is 0.210 e. The number of Topliss-reactive ketones (excluding diaryl/α,β-unsaturated/α-hetero) is 1. The van der Waals surface area contributed by atoms with Crippen LogP contribution in [0.15, 0.2) is 29.4 Å². The van der Waals surface area contributed by atoms with Gasteiger partial charge in [-0.05, 0) is 18.9 Å². The normalized spacial score (nSPS) is 19.5. The van der Waals surface area contributed by atoms with Crippen molar-refractivity contribution >= 4 is 27.4 Å². The van der Waals surface area contributed by atoms with Gasteiger partial charge in [0.1, 0.15) is 0 Å². The lowest BCUT2D eigenvalue weighted by atomic mass is 10.1. The molecule has 0 radical (unpaired) electrons. The Morgan fingerprint density at radius 2 is 2.04 bits per heavy atom. The third-order valence-electron chi connectivity index (χ3n) is 3.92. The van der Waals surface area contributed by atoms with Crippen LogP contribution in [-0.4, -0.2) is 45.8 Å². The Kier molecular flexibility index (Phi) is 4.64.